The molecule has 3 rings (SSSR count). The molecule has 0 bridgehead atoms. The number of carbonyl (C=O) groups excluding carboxylic acids is 1. The molecule has 4 heteroatoms. The van der Waals surface area contributed by atoms with Gasteiger partial charge >= 0.3 is 0 Å². The Balaban J connectivity index is 1.59. The molecule has 0 aromatic heterocycles. The van der Waals surface area contributed by atoms with Gasteiger partial charge in [-0.15, -0.1) is 0 Å². The van der Waals surface area contributed by atoms with Crippen LogP contribution in [0.1, 0.15) is 40.7 Å². The highest BCUT2D eigenvalue weighted by Gasteiger charge is 2.24. The highest BCUT2D eigenvalue weighted by atomic mass is 19.1. The Bertz CT molecular complexity index is 742. The maximum absolute atomic E-state index is 13.0. The Morgan fingerprint density at radius 2 is 2.00 bits per heavy atom. The van der Waals surface area contributed by atoms with Crippen LogP contribution in [0, 0.1) is 18.7 Å². The highest BCUT2D eigenvalue weighted by Crippen LogP contribution is 2.24. The molecule has 0 unspecified atom stereocenters. The first-order chi connectivity index (χ1) is 12.0. The van der Waals surface area contributed by atoms with Gasteiger partial charge in [0.2, 0.25) is 0 Å². The predicted molar refractivity (Wildman–Crippen MR) is 96.2 cm³/mol. The Morgan fingerprint density at radius 3 is 2.72 bits per heavy atom. The summed E-state index contributed by atoms with van der Waals surface area (Å²) in [6, 6.07) is 11.7. The summed E-state index contributed by atoms with van der Waals surface area (Å²) in [5, 5.41) is 9.62. The molecule has 1 saturated heterocycles. The van der Waals surface area contributed by atoms with E-state index < -0.39 is 0 Å². The molecule has 1 amide bonds. The lowest BCUT2D eigenvalue weighted by molar-refractivity contribution is 0.0668. The predicted octanol–water partition coefficient (Wildman–Crippen LogP) is 4.32. The summed E-state index contributed by atoms with van der Waals surface area (Å²) in [5.74, 6) is 0.519. The van der Waals surface area contributed by atoms with Crippen LogP contribution >= 0.6 is 0 Å². The average Bonchev–Trinajstić information content (AvgIpc) is 2.63. The molecule has 1 aliphatic rings. The number of piperidine rings is 1. The van der Waals surface area contributed by atoms with Crippen molar-refractivity contribution in [1.29, 1.82) is 0 Å². The van der Waals surface area contributed by atoms with Crippen LogP contribution in [0.15, 0.2) is 42.5 Å². The van der Waals surface area contributed by atoms with Crippen LogP contribution in [0.5, 0.6) is 5.75 Å². The van der Waals surface area contributed by atoms with Gasteiger partial charge in [-0.3, -0.25) is 4.79 Å². The lowest BCUT2D eigenvalue weighted by Crippen LogP contribution is -2.40. The van der Waals surface area contributed by atoms with E-state index in [0.29, 0.717) is 11.5 Å². The summed E-state index contributed by atoms with van der Waals surface area (Å²) in [6.45, 7) is 3.35. The molecule has 1 aliphatic heterocycles. The van der Waals surface area contributed by atoms with Gasteiger partial charge in [0.1, 0.15) is 11.6 Å². The Labute approximate surface area is 148 Å². The molecule has 132 valence electrons. The standard InChI is InChI=1S/C21H24FNO2/c1-15-13-18(8-11-20(15)24)21(25)23-12-2-3-17(14-23)5-4-16-6-9-19(22)10-7-16/h6-11,13,17,24H,2-5,12,14H2,1H3/t17-/m0/s1. The van der Waals surface area contributed by atoms with Crippen LogP contribution in [0.4, 0.5) is 4.39 Å². The molecule has 1 atom stereocenters. The summed E-state index contributed by atoms with van der Waals surface area (Å²) in [6.07, 6.45) is 4.05. The third-order valence-corrected chi connectivity index (χ3v) is 5.00. The second-order valence-electron chi connectivity index (χ2n) is 6.93. The maximum Gasteiger partial charge on any atom is 0.253 e. The van der Waals surface area contributed by atoms with Crippen LogP contribution in [-0.4, -0.2) is 29.0 Å². The van der Waals surface area contributed by atoms with E-state index in [1.807, 2.05) is 17.0 Å². The van der Waals surface area contributed by atoms with E-state index in [-0.39, 0.29) is 17.5 Å². The summed E-state index contributed by atoms with van der Waals surface area (Å²) in [4.78, 5) is 14.6. The third-order valence-electron chi connectivity index (χ3n) is 5.00. The molecule has 0 aliphatic carbocycles. The molecule has 2 aromatic carbocycles. The SMILES string of the molecule is Cc1cc(C(=O)N2CCC[C@@H](CCc3ccc(F)cc3)C2)ccc1O. The van der Waals surface area contributed by atoms with Gasteiger partial charge in [-0.1, -0.05) is 12.1 Å². The number of halogens is 1. The second-order valence-corrected chi connectivity index (χ2v) is 6.93. The van der Waals surface area contributed by atoms with Crippen molar-refractivity contribution in [2.75, 3.05) is 13.1 Å². The number of aromatic hydroxyl groups is 1. The minimum Gasteiger partial charge on any atom is -0.508 e. The van der Waals surface area contributed by atoms with Gasteiger partial charge in [0.25, 0.3) is 5.91 Å². The van der Waals surface area contributed by atoms with Crippen molar-refractivity contribution < 1.29 is 14.3 Å². The minimum absolute atomic E-state index is 0.0367. The zero-order chi connectivity index (χ0) is 17.8. The van der Waals surface area contributed by atoms with E-state index in [1.54, 1.807) is 25.1 Å². The number of nitrogens with zero attached hydrogens (tertiary/aromatic N) is 1. The van der Waals surface area contributed by atoms with Gasteiger partial charge in [0, 0.05) is 18.7 Å². The Hall–Kier alpha value is -2.36. The lowest BCUT2D eigenvalue weighted by atomic mass is 9.91. The molecule has 25 heavy (non-hydrogen) atoms. The van der Waals surface area contributed by atoms with Gasteiger partial charge in [-0.05, 0) is 80.0 Å². The topological polar surface area (TPSA) is 40.5 Å². The second kappa shape index (κ2) is 7.68. The number of likely N-dealkylation sites (tertiary alicyclic amines) is 1. The number of hydrogen-bond donors (Lipinski definition) is 1. The first kappa shape index (κ1) is 17.5. The van der Waals surface area contributed by atoms with Crippen molar-refractivity contribution in [2.45, 2.75) is 32.6 Å². The fourth-order valence-electron chi connectivity index (χ4n) is 3.48. The maximum atomic E-state index is 13.0. The highest BCUT2D eigenvalue weighted by molar-refractivity contribution is 5.94. The summed E-state index contributed by atoms with van der Waals surface area (Å²) in [5.41, 5.74) is 2.49. The lowest BCUT2D eigenvalue weighted by Gasteiger charge is -2.33. The van der Waals surface area contributed by atoms with E-state index in [4.69, 9.17) is 0 Å². The largest absolute Gasteiger partial charge is 0.508 e. The quantitative estimate of drug-likeness (QED) is 0.899. The summed E-state index contributed by atoms with van der Waals surface area (Å²) >= 11 is 0. The van der Waals surface area contributed by atoms with E-state index in [1.165, 1.54) is 12.1 Å². The number of hydrogen-bond acceptors (Lipinski definition) is 2. The number of aryl methyl sites for hydroxylation is 2. The van der Waals surface area contributed by atoms with Crippen molar-refractivity contribution in [2.24, 2.45) is 5.92 Å². The molecule has 0 spiro atoms. The molecule has 0 radical (unpaired) electrons. The van der Waals surface area contributed by atoms with E-state index >= 15 is 0 Å². The van der Waals surface area contributed by atoms with E-state index in [2.05, 4.69) is 0 Å². The van der Waals surface area contributed by atoms with E-state index in [0.717, 1.165) is 49.9 Å². The fraction of sp³-hybridized carbons (Fsp3) is 0.381. The zero-order valence-corrected chi connectivity index (χ0v) is 14.5. The molecule has 1 fully saturated rings. The smallest absolute Gasteiger partial charge is 0.253 e. The van der Waals surface area contributed by atoms with Gasteiger partial charge in [-0.25, -0.2) is 4.39 Å². The van der Waals surface area contributed by atoms with Crippen LogP contribution in [0.25, 0.3) is 0 Å². The number of carbonyl (C=O) groups is 1. The summed E-state index contributed by atoms with van der Waals surface area (Å²) < 4.78 is 13.0. The molecular weight excluding hydrogens is 317 g/mol. The van der Waals surface area contributed by atoms with Crippen LogP contribution < -0.4 is 0 Å². The van der Waals surface area contributed by atoms with Crippen LogP contribution in [0.2, 0.25) is 0 Å². The normalized spacial score (nSPS) is 17.5. The van der Waals surface area contributed by atoms with Crippen molar-refractivity contribution in [1.82, 2.24) is 4.90 Å². The zero-order valence-electron chi connectivity index (χ0n) is 14.5. The van der Waals surface area contributed by atoms with Crippen molar-refractivity contribution in [3.05, 3.63) is 65.0 Å². The number of benzene rings is 2. The van der Waals surface area contributed by atoms with Gasteiger partial charge < -0.3 is 10.0 Å². The van der Waals surface area contributed by atoms with Gasteiger partial charge in [0.15, 0.2) is 0 Å². The van der Waals surface area contributed by atoms with Gasteiger partial charge in [-0.2, -0.15) is 0 Å². The monoisotopic (exact) mass is 341 g/mol. The molecule has 1 N–H and O–H groups in total. The number of amides is 1. The summed E-state index contributed by atoms with van der Waals surface area (Å²) in [7, 11) is 0. The van der Waals surface area contributed by atoms with Crippen LogP contribution in [0.3, 0.4) is 0 Å². The van der Waals surface area contributed by atoms with Crippen molar-refractivity contribution in [3.8, 4) is 5.75 Å². The Morgan fingerprint density at radius 1 is 1.24 bits per heavy atom. The molecular formula is C21H24FNO2. The van der Waals surface area contributed by atoms with Crippen molar-refractivity contribution >= 4 is 5.91 Å². The first-order valence-corrected chi connectivity index (χ1v) is 8.86. The number of phenols is 1. The minimum atomic E-state index is -0.206. The fourth-order valence-corrected chi connectivity index (χ4v) is 3.48. The molecule has 1 heterocycles. The number of phenolic OH excluding ortho intramolecular Hbond substituents is 1. The average molecular weight is 341 g/mol. The third kappa shape index (κ3) is 4.38. The van der Waals surface area contributed by atoms with Crippen molar-refractivity contribution in [3.63, 3.8) is 0 Å². The first-order valence-electron chi connectivity index (χ1n) is 8.86. The molecule has 2 aromatic rings. The molecule has 0 saturated carbocycles. The van der Waals surface area contributed by atoms with Gasteiger partial charge in [0.05, 0.1) is 0 Å². The van der Waals surface area contributed by atoms with Crippen LogP contribution in [-0.2, 0) is 6.42 Å². The number of rotatable bonds is 4. The Kier molecular flexibility index (Phi) is 5.37. The molecule has 3 nitrogen and oxygen atoms in total. The van der Waals surface area contributed by atoms with E-state index in [9.17, 15) is 14.3 Å².